The van der Waals surface area contributed by atoms with Gasteiger partial charge in [0.1, 0.15) is 0 Å². The summed E-state index contributed by atoms with van der Waals surface area (Å²) in [5.74, 6) is -0.504. The predicted octanol–water partition coefficient (Wildman–Crippen LogP) is 2.78. The Morgan fingerprint density at radius 3 is 2.83 bits per heavy atom. The highest BCUT2D eigenvalue weighted by molar-refractivity contribution is 5.92. The van der Waals surface area contributed by atoms with Crippen LogP contribution in [0.15, 0.2) is 11.1 Å². The molecular formula is C15H22O3. The summed E-state index contributed by atoms with van der Waals surface area (Å²) in [4.78, 5) is 11.7. The molecule has 0 saturated heterocycles. The SMILES string of the molecule is CC1=C2C[C@@]3(C)[C@H](CCC[C@@H]3C)C[C@]2(O)OC1=O. The second-order valence-electron chi connectivity index (χ2n) is 6.69. The van der Waals surface area contributed by atoms with E-state index in [4.69, 9.17) is 4.74 Å². The number of hydrogen-bond donors (Lipinski definition) is 1. The number of rotatable bonds is 0. The minimum absolute atomic E-state index is 0.217. The van der Waals surface area contributed by atoms with Crippen molar-refractivity contribution < 1.29 is 14.6 Å². The molecule has 2 fully saturated rings. The molecule has 2 aliphatic carbocycles. The second kappa shape index (κ2) is 3.60. The molecule has 1 heterocycles. The van der Waals surface area contributed by atoms with Crippen LogP contribution in [0.3, 0.4) is 0 Å². The van der Waals surface area contributed by atoms with Gasteiger partial charge in [-0.05, 0) is 37.0 Å². The van der Waals surface area contributed by atoms with Gasteiger partial charge in [0.05, 0.1) is 0 Å². The molecule has 2 saturated carbocycles. The van der Waals surface area contributed by atoms with Crippen molar-refractivity contribution in [2.75, 3.05) is 0 Å². The number of hydrogen-bond acceptors (Lipinski definition) is 3. The van der Waals surface area contributed by atoms with Crippen LogP contribution in [0.2, 0.25) is 0 Å². The van der Waals surface area contributed by atoms with Gasteiger partial charge in [-0.2, -0.15) is 0 Å². The first-order chi connectivity index (χ1) is 8.37. The average Bonchev–Trinajstić information content (AvgIpc) is 2.50. The zero-order valence-electron chi connectivity index (χ0n) is 11.5. The third kappa shape index (κ3) is 1.43. The number of carbonyl (C=O) groups excluding carboxylic acids is 1. The minimum atomic E-state index is -1.29. The Balaban J connectivity index is 2.02. The molecule has 0 aromatic carbocycles. The first kappa shape index (κ1) is 12.2. The third-order valence-corrected chi connectivity index (χ3v) is 5.82. The van der Waals surface area contributed by atoms with E-state index in [2.05, 4.69) is 13.8 Å². The Kier molecular flexibility index (Phi) is 2.44. The molecule has 0 amide bonds. The van der Waals surface area contributed by atoms with Crippen LogP contribution < -0.4 is 0 Å². The quantitative estimate of drug-likeness (QED) is 0.672. The van der Waals surface area contributed by atoms with Crippen molar-refractivity contribution in [1.29, 1.82) is 0 Å². The zero-order valence-corrected chi connectivity index (χ0v) is 11.5. The van der Waals surface area contributed by atoms with Crippen LogP contribution in [-0.4, -0.2) is 16.9 Å². The third-order valence-electron chi connectivity index (χ3n) is 5.82. The average molecular weight is 250 g/mol. The number of carbonyl (C=O) groups is 1. The lowest BCUT2D eigenvalue weighted by Gasteiger charge is -2.53. The first-order valence-corrected chi connectivity index (χ1v) is 7.03. The van der Waals surface area contributed by atoms with Gasteiger partial charge in [-0.15, -0.1) is 0 Å². The van der Waals surface area contributed by atoms with Crippen molar-refractivity contribution in [2.24, 2.45) is 17.3 Å². The lowest BCUT2D eigenvalue weighted by Crippen LogP contribution is -2.50. The Hall–Kier alpha value is -0.830. The Bertz CT molecular complexity index is 439. The molecule has 100 valence electrons. The molecule has 0 aromatic heterocycles. The van der Waals surface area contributed by atoms with E-state index in [0.717, 1.165) is 18.4 Å². The maximum absolute atomic E-state index is 11.7. The summed E-state index contributed by atoms with van der Waals surface area (Å²) in [6, 6.07) is 0. The molecule has 3 aliphatic rings. The molecule has 0 unspecified atom stereocenters. The number of fused-ring (bicyclic) bond motifs is 2. The largest absolute Gasteiger partial charge is 0.426 e. The Labute approximate surface area is 108 Å². The van der Waals surface area contributed by atoms with E-state index < -0.39 is 5.79 Å². The monoisotopic (exact) mass is 250 g/mol. The van der Waals surface area contributed by atoms with Crippen LogP contribution in [0.5, 0.6) is 0 Å². The summed E-state index contributed by atoms with van der Waals surface area (Å²) >= 11 is 0. The molecule has 4 atom stereocenters. The fourth-order valence-electron chi connectivity index (χ4n) is 4.24. The first-order valence-electron chi connectivity index (χ1n) is 7.03. The fourth-order valence-corrected chi connectivity index (χ4v) is 4.24. The Morgan fingerprint density at radius 2 is 2.11 bits per heavy atom. The van der Waals surface area contributed by atoms with Crippen LogP contribution in [-0.2, 0) is 9.53 Å². The molecule has 1 N–H and O–H groups in total. The topological polar surface area (TPSA) is 46.5 Å². The normalized spacial score (nSPS) is 47.7. The molecule has 0 bridgehead atoms. The van der Waals surface area contributed by atoms with Gasteiger partial charge < -0.3 is 9.84 Å². The van der Waals surface area contributed by atoms with Gasteiger partial charge in [0, 0.05) is 17.6 Å². The molecule has 0 radical (unpaired) electrons. The molecule has 1 aliphatic heterocycles. The molecular weight excluding hydrogens is 228 g/mol. The number of ether oxygens (including phenoxy) is 1. The van der Waals surface area contributed by atoms with Crippen molar-refractivity contribution in [3.05, 3.63) is 11.1 Å². The maximum atomic E-state index is 11.7. The minimum Gasteiger partial charge on any atom is -0.426 e. The molecule has 3 heteroatoms. The zero-order chi connectivity index (χ0) is 13.1. The molecule has 0 spiro atoms. The molecule has 0 aromatic rings. The van der Waals surface area contributed by atoms with Crippen LogP contribution >= 0.6 is 0 Å². The van der Waals surface area contributed by atoms with E-state index >= 15 is 0 Å². The van der Waals surface area contributed by atoms with Crippen molar-refractivity contribution in [2.45, 2.75) is 58.7 Å². The predicted molar refractivity (Wildman–Crippen MR) is 67.6 cm³/mol. The highest BCUT2D eigenvalue weighted by atomic mass is 16.7. The fraction of sp³-hybridized carbons (Fsp3) is 0.800. The van der Waals surface area contributed by atoms with E-state index in [1.165, 1.54) is 12.8 Å². The van der Waals surface area contributed by atoms with Gasteiger partial charge in [0.15, 0.2) is 0 Å². The smallest absolute Gasteiger partial charge is 0.336 e. The van der Waals surface area contributed by atoms with Crippen LogP contribution in [0, 0.1) is 17.3 Å². The highest BCUT2D eigenvalue weighted by Crippen LogP contribution is 2.59. The van der Waals surface area contributed by atoms with Crippen molar-refractivity contribution in [3.63, 3.8) is 0 Å². The van der Waals surface area contributed by atoms with Crippen LogP contribution in [0.25, 0.3) is 0 Å². The summed E-state index contributed by atoms with van der Waals surface area (Å²) in [5.41, 5.74) is 1.70. The highest BCUT2D eigenvalue weighted by Gasteiger charge is 2.57. The lowest BCUT2D eigenvalue weighted by atomic mass is 9.54. The van der Waals surface area contributed by atoms with Crippen molar-refractivity contribution in [3.8, 4) is 0 Å². The van der Waals surface area contributed by atoms with Gasteiger partial charge in [-0.1, -0.05) is 26.7 Å². The summed E-state index contributed by atoms with van der Waals surface area (Å²) < 4.78 is 5.24. The van der Waals surface area contributed by atoms with Gasteiger partial charge >= 0.3 is 5.97 Å². The molecule has 3 rings (SSSR count). The van der Waals surface area contributed by atoms with Gasteiger partial charge in [-0.3, -0.25) is 0 Å². The molecule has 3 nitrogen and oxygen atoms in total. The summed E-state index contributed by atoms with van der Waals surface area (Å²) in [5, 5.41) is 10.6. The summed E-state index contributed by atoms with van der Waals surface area (Å²) in [6.07, 6.45) is 5.03. The van der Waals surface area contributed by atoms with E-state index in [1.807, 2.05) is 0 Å². The Morgan fingerprint density at radius 1 is 1.39 bits per heavy atom. The van der Waals surface area contributed by atoms with E-state index in [0.29, 0.717) is 23.8 Å². The molecule has 18 heavy (non-hydrogen) atoms. The second-order valence-corrected chi connectivity index (χ2v) is 6.69. The van der Waals surface area contributed by atoms with Gasteiger partial charge in [0.25, 0.3) is 0 Å². The van der Waals surface area contributed by atoms with Crippen molar-refractivity contribution in [1.82, 2.24) is 0 Å². The number of aliphatic hydroxyl groups is 1. The van der Waals surface area contributed by atoms with E-state index in [9.17, 15) is 9.90 Å². The van der Waals surface area contributed by atoms with Gasteiger partial charge in [0.2, 0.25) is 5.79 Å². The maximum Gasteiger partial charge on any atom is 0.336 e. The van der Waals surface area contributed by atoms with Gasteiger partial charge in [-0.25, -0.2) is 4.79 Å². The van der Waals surface area contributed by atoms with Crippen molar-refractivity contribution >= 4 is 5.97 Å². The summed E-state index contributed by atoms with van der Waals surface area (Å²) in [6.45, 7) is 6.42. The van der Waals surface area contributed by atoms with Crippen LogP contribution in [0.4, 0.5) is 0 Å². The number of esters is 1. The van der Waals surface area contributed by atoms with E-state index in [-0.39, 0.29) is 11.4 Å². The van der Waals surface area contributed by atoms with Crippen LogP contribution in [0.1, 0.15) is 52.9 Å². The summed E-state index contributed by atoms with van der Waals surface area (Å²) in [7, 11) is 0. The standard InChI is InChI=1S/C15H22O3/c1-9-5-4-6-11-7-15(17)12(8-14(9,11)3)10(2)13(16)18-15/h9,11,17H,4-8H2,1-3H3/t9-,11+,14+,15-/m0/s1. The van der Waals surface area contributed by atoms with E-state index in [1.54, 1.807) is 6.92 Å². The lowest BCUT2D eigenvalue weighted by molar-refractivity contribution is -0.204.